The Morgan fingerprint density at radius 1 is 1.30 bits per heavy atom. The molecule has 1 heterocycles. The summed E-state index contributed by atoms with van der Waals surface area (Å²) in [5.74, 6) is 0.783. The molecular weight excluding hydrogens is 274 g/mol. The van der Waals surface area contributed by atoms with Gasteiger partial charge < -0.3 is 10.1 Å². The minimum Gasteiger partial charge on any atom is -0.492 e. The van der Waals surface area contributed by atoms with E-state index in [2.05, 4.69) is 15.3 Å². The Kier molecular flexibility index (Phi) is 4.79. The predicted octanol–water partition coefficient (Wildman–Crippen LogP) is 4.01. The molecule has 0 saturated carbocycles. The summed E-state index contributed by atoms with van der Waals surface area (Å²) >= 11 is 6.05. The number of nitrogens with one attached hydrogen (secondary N) is 1. The van der Waals surface area contributed by atoms with E-state index in [1.165, 1.54) is 0 Å². The van der Waals surface area contributed by atoms with Crippen LogP contribution in [0, 0.1) is 6.92 Å². The molecule has 0 radical (unpaired) electrons. The van der Waals surface area contributed by atoms with Crippen molar-refractivity contribution in [3.8, 4) is 5.75 Å². The van der Waals surface area contributed by atoms with Crippen molar-refractivity contribution in [2.75, 3.05) is 11.9 Å². The maximum absolute atomic E-state index is 6.05. The third kappa shape index (κ3) is 3.39. The molecule has 1 atom stereocenters. The number of rotatable bonds is 5. The number of anilines is 1. The van der Waals surface area contributed by atoms with Crippen molar-refractivity contribution in [1.82, 2.24) is 9.97 Å². The van der Waals surface area contributed by atoms with Crippen LogP contribution in [-0.2, 0) is 0 Å². The minimum absolute atomic E-state index is 0.0152. The first-order valence-corrected chi connectivity index (χ1v) is 6.96. The summed E-state index contributed by atoms with van der Waals surface area (Å²) in [5.41, 5.74) is 2.68. The molecule has 1 N–H and O–H groups in total. The highest BCUT2D eigenvalue weighted by Crippen LogP contribution is 2.31. The van der Waals surface area contributed by atoms with Crippen LogP contribution in [0.3, 0.4) is 0 Å². The van der Waals surface area contributed by atoms with Crippen LogP contribution in [0.4, 0.5) is 5.69 Å². The monoisotopic (exact) mass is 291 g/mol. The first kappa shape index (κ1) is 14.6. The van der Waals surface area contributed by atoms with Gasteiger partial charge in [-0.2, -0.15) is 0 Å². The van der Waals surface area contributed by atoms with E-state index in [1.54, 1.807) is 12.4 Å². The molecular formula is C15H18ClN3O. The Balaban J connectivity index is 2.25. The summed E-state index contributed by atoms with van der Waals surface area (Å²) in [6.07, 6.45) is 3.39. The van der Waals surface area contributed by atoms with Crippen molar-refractivity contribution >= 4 is 17.3 Å². The van der Waals surface area contributed by atoms with Gasteiger partial charge in [0.15, 0.2) is 0 Å². The second-order valence-corrected chi connectivity index (χ2v) is 4.90. The molecule has 2 rings (SSSR count). The lowest BCUT2D eigenvalue weighted by Gasteiger charge is -2.18. The largest absolute Gasteiger partial charge is 0.492 e. The molecule has 0 aliphatic rings. The lowest BCUT2D eigenvalue weighted by Crippen LogP contribution is -2.12. The van der Waals surface area contributed by atoms with Gasteiger partial charge in [-0.05, 0) is 39.0 Å². The third-order valence-electron chi connectivity index (χ3n) is 2.94. The average molecular weight is 292 g/mol. The quantitative estimate of drug-likeness (QED) is 0.904. The maximum atomic E-state index is 6.05. The van der Waals surface area contributed by atoms with Crippen LogP contribution in [0.1, 0.15) is 31.3 Å². The Morgan fingerprint density at radius 2 is 2.05 bits per heavy atom. The molecule has 0 aliphatic carbocycles. The van der Waals surface area contributed by atoms with Gasteiger partial charge in [0.2, 0.25) is 0 Å². The van der Waals surface area contributed by atoms with E-state index in [1.807, 2.05) is 39.0 Å². The van der Waals surface area contributed by atoms with Gasteiger partial charge in [0.25, 0.3) is 0 Å². The normalized spacial score (nSPS) is 12.0. The third-order valence-corrected chi connectivity index (χ3v) is 3.18. The summed E-state index contributed by atoms with van der Waals surface area (Å²) in [7, 11) is 0. The Hall–Kier alpha value is -1.81. The van der Waals surface area contributed by atoms with Crippen molar-refractivity contribution in [2.24, 2.45) is 0 Å². The summed E-state index contributed by atoms with van der Waals surface area (Å²) in [5, 5.41) is 4.05. The van der Waals surface area contributed by atoms with Gasteiger partial charge in [-0.15, -0.1) is 0 Å². The summed E-state index contributed by atoms with van der Waals surface area (Å²) in [6.45, 7) is 6.54. The van der Waals surface area contributed by atoms with Gasteiger partial charge in [0.1, 0.15) is 5.75 Å². The molecule has 106 valence electrons. The molecule has 0 amide bonds. The van der Waals surface area contributed by atoms with Gasteiger partial charge >= 0.3 is 0 Å². The fourth-order valence-corrected chi connectivity index (χ4v) is 2.21. The van der Waals surface area contributed by atoms with Crippen molar-refractivity contribution in [3.63, 3.8) is 0 Å². The van der Waals surface area contributed by atoms with Crippen LogP contribution in [0.25, 0.3) is 0 Å². The van der Waals surface area contributed by atoms with E-state index in [0.717, 1.165) is 22.8 Å². The lowest BCUT2D eigenvalue weighted by atomic mass is 10.1. The fraction of sp³-hybridized carbons (Fsp3) is 0.333. The SMILES string of the molecule is CCOc1ccc(Cl)cc1NC(C)c1nccnc1C. The van der Waals surface area contributed by atoms with E-state index in [9.17, 15) is 0 Å². The minimum atomic E-state index is 0.0152. The van der Waals surface area contributed by atoms with Gasteiger partial charge in [0.05, 0.1) is 29.7 Å². The van der Waals surface area contributed by atoms with Crippen LogP contribution in [0.2, 0.25) is 5.02 Å². The standard InChI is InChI=1S/C15H18ClN3O/c1-4-20-14-6-5-12(16)9-13(14)19-11(3)15-10(2)17-7-8-18-15/h5-9,11,19H,4H2,1-3H3. The number of halogens is 1. The molecule has 1 aromatic heterocycles. The molecule has 0 saturated heterocycles. The lowest BCUT2D eigenvalue weighted by molar-refractivity contribution is 0.341. The van der Waals surface area contributed by atoms with Crippen molar-refractivity contribution in [1.29, 1.82) is 0 Å². The van der Waals surface area contributed by atoms with Crippen LogP contribution >= 0.6 is 11.6 Å². The molecule has 5 heteroatoms. The van der Waals surface area contributed by atoms with Crippen LogP contribution in [0.15, 0.2) is 30.6 Å². The molecule has 0 aliphatic heterocycles. The highest BCUT2D eigenvalue weighted by atomic mass is 35.5. The number of nitrogens with zero attached hydrogens (tertiary/aromatic N) is 2. The molecule has 20 heavy (non-hydrogen) atoms. The summed E-state index contributed by atoms with van der Waals surface area (Å²) in [6, 6.07) is 5.55. The topological polar surface area (TPSA) is 47.0 Å². The zero-order chi connectivity index (χ0) is 14.5. The van der Waals surface area contributed by atoms with Crippen LogP contribution < -0.4 is 10.1 Å². The van der Waals surface area contributed by atoms with E-state index in [4.69, 9.17) is 16.3 Å². The second kappa shape index (κ2) is 6.57. The molecule has 2 aromatic rings. The van der Waals surface area contributed by atoms with E-state index in [0.29, 0.717) is 11.6 Å². The van der Waals surface area contributed by atoms with Gasteiger partial charge in [0, 0.05) is 17.4 Å². The number of aryl methyl sites for hydroxylation is 1. The fourth-order valence-electron chi connectivity index (χ4n) is 2.04. The molecule has 0 fully saturated rings. The Morgan fingerprint density at radius 3 is 2.75 bits per heavy atom. The number of ether oxygens (including phenoxy) is 1. The van der Waals surface area contributed by atoms with Gasteiger partial charge in [-0.1, -0.05) is 11.6 Å². The van der Waals surface area contributed by atoms with Crippen LogP contribution in [0.5, 0.6) is 5.75 Å². The number of hydrogen-bond donors (Lipinski definition) is 1. The van der Waals surface area contributed by atoms with Gasteiger partial charge in [-0.3, -0.25) is 9.97 Å². The van der Waals surface area contributed by atoms with Crippen molar-refractivity contribution in [3.05, 3.63) is 47.0 Å². The van der Waals surface area contributed by atoms with E-state index < -0.39 is 0 Å². The Labute approximate surface area is 124 Å². The average Bonchev–Trinajstić information content (AvgIpc) is 2.42. The first-order chi connectivity index (χ1) is 9.61. The number of hydrogen-bond acceptors (Lipinski definition) is 4. The van der Waals surface area contributed by atoms with E-state index in [-0.39, 0.29) is 6.04 Å². The number of aromatic nitrogens is 2. The van der Waals surface area contributed by atoms with E-state index >= 15 is 0 Å². The zero-order valence-corrected chi connectivity index (χ0v) is 12.6. The second-order valence-electron chi connectivity index (χ2n) is 4.47. The molecule has 1 unspecified atom stereocenters. The number of benzene rings is 1. The predicted molar refractivity (Wildman–Crippen MR) is 81.4 cm³/mol. The van der Waals surface area contributed by atoms with Crippen molar-refractivity contribution in [2.45, 2.75) is 26.8 Å². The molecule has 4 nitrogen and oxygen atoms in total. The summed E-state index contributed by atoms with van der Waals surface area (Å²) in [4.78, 5) is 8.63. The molecule has 0 bridgehead atoms. The highest BCUT2D eigenvalue weighted by Gasteiger charge is 2.13. The molecule has 1 aromatic carbocycles. The maximum Gasteiger partial charge on any atom is 0.142 e. The highest BCUT2D eigenvalue weighted by molar-refractivity contribution is 6.30. The molecule has 0 spiro atoms. The summed E-state index contributed by atoms with van der Waals surface area (Å²) < 4.78 is 5.60. The van der Waals surface area contributed by atoms with Crippen LogP contribution in [-0.4, -0.2) is 16.6 Å². The van der Waals surface area contributed by atoms with Crippen molar-refractivity contribution < 1.29 is 4.74 Å². The smallest absolute Gasteiger partial charge is 0.142 e. The van der Waals surface area contributed by atoms with Gasteiger partial charge in [-0.25, -0.2) is 0 Å². The Bertz CT molecular complexity index is 589. The zero-order valence-electron chi connectivity index (χ0n) is 11.9. The first-order valence-electron chi connectivity index (χ1n) is 6.58.